The summed E-state index contributed by atoms with van der Waals surface area (Å²) in [7, 11) is 1.98. The third kappa shape index (κ3) is 14.3. The van der Waals surface area contributed by atoms with Crippen molar-refractivity contribution in [1.29, 1.82) is 0 Å². The van der Waals surface area contributed by atoms with Crippen LogP contribution in [0.1, 0.15) is 41.5 Å². The second kappa shape index (κ2) is 16.6. The van der Waals surface area contributed by atoms with E-state index in [0.717, 1.165) is 21.7 Å². The minimum Gasteiger partial charge on any atom is -0.351 e. The Morgan fingerprint density at radius 2 is 1.54 bits per heavy atom. The lowest BCUT2D eigenvalue weighted by Crippen LogP contribution is -2.25. The summed E-state index contributed by atoms with van der Waals surface area (Å²) in [5.74, 6) is 0. The number of hydrogen-bond acceptors (Lipinski definition) is 0. The second-order valence-electron chi connectivity index (χ2n) is 4.56. The topological polar surface area (TPSA) is 4.93 Å². The van der Waals surface area contributed by atoms with Crippen molar-refractivity contribution in [2.24, 2.45) is 7.05 Å². The highest BCUT2D eigenvalue weighted by Gasteiger charge is 1.91. The molecule has 24 heavy (non-hydrogen) atoms. The first-order valence-electron chi connectivity index (χ1n) is 8.00. The van der Waals surface area contributed by atoms with Crippen LogP contribution in [0.4, 0.5) is 0 Å². The van der Waals surface area contributed by atoms with Crippen molar-refractivity contribution in [2.45, 2.75) is 41.5 Å². The van der Waals surface area contributed by atoms with Gasteiger partial charge in [0.2, 0.25) is 0 Å². The van der Waals surface area contributed by atoms with Gasteiger partial charge in [0.05, 0.1) is 5.03 Å². The van der Waals surface area contributed by atoms with Crippen molar-refractivity contribution in [2.75, 3.05) is 0 Å². The van der Waals surface area contributed by atoms with Gasteiger partial charge in [-0.25, -0.2) is 0 Å². The molecule has 1 rings (SSSR count). The summed E-state index contributed by atoms with van der Waals surface area (Å²) < 4.78 is 2.68. The lowest BCUT2D eigenvalue weighted by molar-refractivity contribution is 0.891. The van der Waals surface area contributed by atoms with E-state index >= 15 is 0 Å². The molecule has 0 amide bonds. The first-order chi connectivity index (χ1) is 11.1. The summed E-state index contributed by atoms with van der Waals surface area (Å²) in [6.45, 7) is 26.8. The third-order valence-electron chi connectivity index (χ3n) is 2.27. The molecule has 0 aliphatic heterocycles. The Bertz CT molecular complexity index is 648. The predicted molar refractivity (Wildman–Crippen MR) is 119 cm³/mol. The first-order valence-corrected chi connectivity index (χ1v) is 9.17. The highest BCUT2D eigenvalue weighted by atomic mass is 79.9. The molecule has 0 bridgehead atoms. The Morgan fingerprint density at radius 3 is 1.75 bits per heavy atom. The number of hydrogen-bond donors (Lipinski definition) is 0. The molecule has 0 radical (unpaired) electrons. The molecule has 0 atom stereocenters. The van der Waals surface area contributed by atoms with Gasteiger partial charge in [-0.15, -0.1) is 0 Å². The fourth-order valence-electron chi connectivity index (χ4n) is 1.27. The van der Waals surface area contributed by atoms with Gasteiger partial charge in [0.1, 0.15) is 0 Å². The van der Waals surface area contributed by atoms with Gasteiger partial charge in [0.25, 0.3) is 0 Å². The minimum absolute atomic E-state index is 0.600. The van der Waals surface area contributed by atoms with Gasteiger partial charge >= 0.3 is 0 Å². The van der Waals surface area contributed by atoms with E-state index in [4.69, 9.17) is 11.6 Å². The van der Waals surface area contributed by atoms with Crippen LogP contribution in [0.25, 0.3) is 12.7 Å². The number of allylic oxidation sites excluding steroid dienone is 5. The Kier molecular flexibility index (Phi) is 19.1. The smallest absolute Gasteiger partial charge is 0.0544 e. The third-order valence-corrected chi connectivity index (χ3v) is 3.26. The van der Waals surface area contributed by atoms with Crippen LogP contribution >= 0.6 is 27.5 Å². The lowest BCUT2D eigenvalue weighted by atomic mass is 10.3. The van der Waals surface area contributed by atoms with Gasteiger partial charge in [-0.3, -0.25) is 0 Å². The summed E-state index contributed by atoms with van der Waals surface area (Å²) in [4.78, 5) is 0. The lowest BCUT2D eigenvalue weighted by Gasteiger charge is -1.91. The summed E-state index contributed by atoms with van der Waals surface area (Å²) >= 11 is 8.80. The molecular weight excluding hydrogens is 382 g/mol. The van der Waals surface area contributed by atoms with Crippen molar-refractivity contribution < 1.29 is 0 Å². The fraction of sp³-hybridized carbons (Fsp3) is 0.333. The number of rotatable bonds is 3. The van der Waals surface area contributed by atoms with Gasteiger partial charge in [-0.05, 0) is 47.1 Å². The van der Waals surface area contributed by atoms with E-state index in [1.807, 2.05) is 71.5 Å². The molecule has 0 aliphatic rings. The standard InChI is InChI=1S/C10H13N.C7H8BrCl.2C2H6/c1-8(2)7-10-5-6-11(4)9(10)3;1-5(2)4-7(9)6(3)8;2*1-2/h5-7H,1,3H2,2,4H3;4H,1,3H2,2H3;2*1-2H3/b10-7-;7-4+;;. The second-order valence-corrected chi connectivity index (χ2v) is 5.93. The Balaban J connectivity index is -0.000000309. The SMILES string of the molecule is C=C(C)/C=C(/Cl)C(=C)Br.C=C(C)/C=c1/ccn(C)c1=C.CC.CC. The van der Waals surface area contributed by atoms with Crippen molar-refractivity contribution >= 4 is 40.2 Å². The molecule has 1 aromatic rings. The van der Waals surface area contributed by atoms with Crippen LogP contribution in [-0.4, -0.2) is 4.57 Å². The Hall–Kier alpha value is -1.25. The largest absolute Gasteiger partial charge is 0.351 e. The predicted octanol–water partition coefficient (Wildman–Crippen LogP) is 6.44. The highest BCUT2D eigenvalue weighted by Crippen LogP contribution is 2.19. The molecule has 0 saturated heterocycles. The quantitative estimate of drug-likeness (QED) is 0.502. The van der Waals surface area contributed by atoms with E-state index in [9.17, 15) is 0 Å². The summed E-state index contributed by atoms with van der Waals surface area (Å²) in [5, 5.41) is 2.79. The number of aryl methyl sites for hydroxylation is 1. The molecule has 0 aliphatic carbocycles. The van der Waals surface area contributed by atoms with Crippen molar-refractivity contribution in [1.82, 2.24) is 4.57 Å². The normalized spacial score (nSPS) is 10.2. The van der Waals surface area contributed by atoms with Crippen LogP contribution < -0.4 is 10.6 Å². The average Bonchev–Trinajstić information content (AvgIpc) is 2.83. The van der Waals surface area contributed by atoms with E-state index in [2.05, 4.69) is 42.2 Å². The van der Waals surface area contributed by atoms with Crippen molar-refractivity contribution in [3.05, 3.63) is 69.3 Å². The van der Waals surface area contributed by atoms with E-state index < -0.39 is 0 Å². The molecule has 0 spiro atoms. The fourth-order valence-corrected chi connectivity index (χ4v) is 1.57. The molecule has 0 N–H and O–H groups in total. The number of aromatic nitrogens is 1. The van der Waals surface area contributed by atoms with Crippen LogP contribution in [0.2, 0.25) is 0 Å². The van der Waals surface area contributed by atoms with Gasteiger partial charge in [-0.1, -0.05) is 82.8 Å². The molecule has 1 heterocycles. The number of nitrogens with zero attached hydrogens (tertiary/aromatic N) is 1. The van der Waals surface area contributed by atoms with E-state index in [1.54, 1.807) is 6.08 Å². The zero-order chi connectivity index (χ0) is 19.9. The summed E-state index contributed by atoms with van der Waals surface area (Å²) in [5.41, 5.74) is 1.97. The van der Waals surface area contributed by atoms with Crippen molar-refractivity contribution in [3.8, 4) is 0 Å². The first kappa shape index (κ1) is 27.6. The molecule has 3 heteroatoms. The minimum atomic E-state index is 0.600. The molecule has 0 saturated carbocycles. The van der Waals surface area contributed by atoms with Crippen LogP contribution in [0, 0.1) is 0 Å². The zero-order valence-electron chi connectivity index (χ0n) is 16.3. The van der Waals surface area contributed by atoms with Crippen molar-refractivity contribution in [3.63, 3.8) is 0 Å². The Morgan fingerprint density at radius 1 is 1.08 bits per heavy atom. The van der Waals surface area contributed by atoms with Crippen LogP contribution in [-0.2, 0) is 7.05 Å². The summed E-state index contributed by atoms with van der Waals surface area (Å²) in [6, 6.07) is 2.04. The van der Waals surface area contributed by atoms with E-state index in [1.165, 1.54) is 0 Å². The monoisotopic (exact) mass is 413 g/mol. The number of halogens is 2. The van der Waals surface area contributed by atoms with Gasteiger partial charge < -0.3 is 4.57 Å². The van der Waals surface area contributed by atoms with Gasteiger partial charge in [0, 0.05) is 23.1 Å². The molecule has 136 valence electrons. The molecular formula is C21H33BrClN. The molecule has 1 nitrogen and oxygen atoms in total. The Labute approximate surface area is 162 Å². The zero-order valence-corrected chi connectivity index (χ0v) is 18.7. The highest BCUT2D eigenvalue weighted by molar-refractivity contribution is 9.12. The molecule has 0 unspecified atom stereocenters. The van der Waals surface area contributed by atoms with Crippen LogP contribution in [0.5, 0.6) is 0 Å². The van der Waals surface area contributed by atoms with Crippen LogP contribution in [0.3, 0.4) is 0 Å². The molecule has 0 aromatic carbocycles. The summed E-state index contributed by atoms with van der Waals surface area (Å²) in [6.07, 6.45) is 5.78. The maximum absolute atomic E-state index is 5.66. The maximum atomic E-state index is 5.66. The van der Waals surface area contributed by atoms with E-state index in [-0.39, 0.29) is 0 Å². The molecule has 0 fully saturated rings. The maximum Gasteiger partial charge on any atom is 0.0544 e. The molecule has 1 aromatic heterocycles. The van der Waals surface area contributed by atoms with Gasteiger partial charge in [-0.2, -0.15) is 0 Å². The van der Waals surface area contributed by atoms with E-state index in [0.29, 0.717) is 9.51 Å². The van der Waals surface area contributed by atoms with Gasteiger partial charge in [0.15, 0.2) is 0 Å². The average molecular weight is 415 g/mol. The van der Waals surface area contributed by atoms with Crippen LogP contribution in [0.15, 0.2) is 58.7 Å².